The Kier molecular flexibility index (Phi) is 2.70. The third-order valence-corrected chi connectivity index (χ3v) is 4.73. The van der Waals surface area contributed by atoms with Gasteiger partial charge >= 0.3 is 0 Å². The number of fused-ring (bicyclic) bond motifs is 1. The van der Waals surface area contributed by atoms with Gasteiger partial charge in [0.25, 0.3) is 0 Å². The molecule has 3 aliphatic heterocycles. The van der Waals surface area contributed by atoms with Gasteiger partial charge in [0.1, 0.15) is 21.3 Å². The molecule has 1 fully saturated rings. The lowest BCUT2D eigenvalue weighted by Crippen LogP contribution is -2.23. The molecule has 0 aliphatic carbocycles. The first-order valence-electron chi connectivity index (χ1n) is 5.37. The Morgan fingerprint density at radius 1 is 1.27 bits per heavy atom. The normalized spacial score (nSPS) is 24.9. The van der Waals surface area contributed by atoms with Gasteiger partial charge < -0.3 is 0 Å². The van der Waals surface area contributed by atoms with Crippen molar-refractivity contribution in [3.05, 3.63) is 35.8 Å². The first kappa shape index (κ1) is 9.72. The van der Waals surface area contributed by atoms with E-state index in [0.717, 1.165) is 6.54 Å². The second-order valence-corrected chi connectivity index (χ2v) is 6.09. The minimum atomic E-state index is -0.146. The van der Waals surface area contributed by atoms with E-state index in [4.69, 9.17) is 0 Å². The zero-order valence-corrected chi connectivity index (χ0v) is 10.7. The number of likely N-dealkylation sites (tertiary alicyclic amines) is 1. The van der Waals surface area contributed by atoms with E-state index in [1.165, 1.54) is 37.2 Å². The third kappa shape index (κ3) is 2.06. The lowest BCUT2D eigenvalue weighted by atomic mass is 10.2. The minimum absolute atomic E-state index is 0.146. The SMILES string of the molecule is C1=CC2=CN=IN2C=C1CN1CCCC1. The summed E-state index contributed by atoms with van der Waals surface area (Å²) in [7, 11) is 0. The van der Waals surface area contributed by atoms with Crippen LogP contribution in [0.2, 0.25) is 0 Å². The predicted molar refractivity (Wildman–Crippen MR) is 69.3 cm³/mol. The lowest BCUT2D eigenvalue weighted by Gasteiger charge is -2.20. The molecule has 3 heterocycles. The monoisotopic (exact) mass is 315 g/mol. The van der Waals surface area contributed by atoms with Crippen LogP contribution in [0.1, 0.15) is 12.8 Å². The van der Waals surface area contributed by atoms with Gasteiger partial charge in [-0.05, 0) is 37.6 Å². The molecule has 0 bridgehead atoms. The summed E-state index contributed by atoms with van der Waals surface area (Å²) in [6.45, 7) is 3.66. The van der Waals surface area contributed by atoms with Crippen molar-refractivity contribution in [2.45, 2.75) is 12.8 Å². The second kappa shape index (κ2) is 4.17. The lowest BCUT2D eigenvalue weighted by molar-refractivity contribution is 0.370. The minimum Gasteiger partial charge on any atom is -0.299 e. The number of halogens is 1. The maximum absolute atomic E-state index is 4.36. The molecule has 3 nitrogen and oxygen atoms in total. The predicted octanol–water partition coefficient (Wildman–Crippen LogP) is 2.76. The molecule has 0 spiro atoms. The largest absolute Gasteiger partial charge is 0.299 e. The zero-order valence-electron chi connectivity index (χ0n) is 8.56. The molecule has 1 saturated heterocycles. The van der Waals surface area contributed by atoms with Crippen LogP contribution in [0, 0.1) is 0 Å². The van der Waals surface area contributed by atoms with E-state index in [1.807, 2.05) is 6.20 Å². The van der Waals surface area contributed by atoms with Gasteiger partial charge in [-0.25, -0.2) is 3.15 Å². The third-order valence-electron chi connectivity index (χ3n) is 2.91. The van der Waals surface area contributed by atoms with E-state index in [2.05, 4.69) is 29.5 Å². The van der Waals surface area contributed by atoms with Crippen molar-refractivity contribution < 1.29 is 0 Å². The van der Waals surface area contributed by atoms with Gasteiger partial charge in [0, 0.05) is 12.7 Å². The Bertz CT molecular complexity index is 375. The molecule has 0 radical (unpaired) electrons. The van der Waals surface area contributed by atoms with Crippen LogP contribution in [-0.4, -0.2) is 27.6 Å². The zero-order chi connectivity index (χ0) is 10.1. The quantitative estimate of drug-likeness (QED) is 0.576. The van der Waals surface area contributed by atoms with Crippen LogP contribution in [-0.2, 0) is 0 Å². The molecule has 15 heavy (non-hydrogen) atoms. The summed E-state index contributed by atoms with van der Waals surface area (Å²) in [6.07, 6.45) is 11.5. The van der Waals surface area contributed by atoms with Crippen LogP contribution in [0.5, 0.6) is 0 Å². The summed E-state index contributed by atoms with van der Waals surface area (Å²) in [5.41, 5.74) is 2.71. The van der Waals surface area contributed by atoms with E-state index < -0.39 is 0 Å². The highest BCUT2D eigenvalue weighted by molar-refractivity contribution is 14.1. The van der Waals surface area contributed by atoms with E-state index >= 15 is 0 Å². The Morgan fingerprint density at radius 3 is 3.00 bits per heavy atom. The summed E-state index contributed by atoms with van der Waals surface area (Å²) in [6, 6.07) is 0. The van der Waals surface area contributed by atoms with Crippen LogP contribution in [0.25, 0.3) is 0 Å². The van der Waals surface area contributed by atoms with Crippen molar-refractivity contribution in [1.82, 2.24) is 8.01 Å². The van der Waals surface area contributed by atoms with Crippen molar-refractivity contribution in [1.29, 1.82) is 0 Å². The van der Waals surface area contributed by atoms with Crippen LogP contribution in [0.3, 0.4) is 0 Å². The molecule has 4 heteroatoms. The fourth-order valence-corrected chi connectivity index (χ4v) is 3.80. The fourth-order valence-electron chi connectivity index (χ4n) is 2.10. The topological polar surface area (TPSA) is 18.8 Å². The molecular formula is C11H14IN3. The number of nitrogens with zero attached hydrogens (tertiary/aromatic N) is 3. The van der Waals surface area contributed by atoms with Crippen molar-refractivity contribution in [2.75, 3.05) is 19.6 Å². The van der Waals surface area contributed by atoms with Crippen molar-refractivity contribution in [3.8, 4) is 0 Å². The summed E-state index contributed by atoms with van der Waals surface area (Å²) in [4.78, 5) is 2.54. The molecule has 0 aromatic heterocycles. The van der Waals surface area contributed by atoms with Crippen LogP contribution in [0.15, 0.2) is 39.0 Å². The van der Waals surface area contributed by atoms with Crippen LogP contribution >= 0.6 is 21.3 Å². The maximum atomic E-state index is 4.36. The van der Waals surface area contributed by atoms with Gasteiger partial charge in [-0.15, -0.1) is 0 Å². The summed E-state index contributed by atoms with van der Waals surface area (Å²) >= 11 is -0.146. The molecule has 80 valence electrons. The molecule has 3 rings (SSSR count). The molecule has 3 aliphatic rings. The van der Waals surface area contributed by atoms with Crippen molar-refractivity contribution in [2.24, 2.45) is 3.15 Å². The molecule has 0 amide bonds. The number of hydrogen-bond acceptors (Lipinski definition) is 3. The summed E-state index contributed by atoms with van der Waals surface area (Å²) in [5, 5.41) is 0. The highest BCUT2D eigenvalue weighted by atomic mass is 127. The van der Waals surface area contributed by atoms with Gasteiger partial charge in [-0.1, -0.05) is 6.08 Å². The molecular weight excluding hydrogens is 301 g/mol. The molecule has 0 saturated carbocycles. The average Bonchev–Trinajstić information content (AvgIpc) is 2.87. The molecule has 0 unspecified atom stereocenters. The second-order valence-electron chi connectivity index (χ2n) is 4.06. The molecule has 0 atom stereocenters. The van der Waals surface area contributed by atoms with Crippen molar-refractivity contribution >= 4 is 21.3 Å². The Balaban J connectivity index is 1.69. The van der Waals surface area contributed by atoms with Gasteiger partial charge in [-0.3, -0.25) is 8.01 Å². The standard InChI is InChI=1S/C11H14IN3/c1-2-6-14(5-1)8-10-3-4-11-7-13-12-15(11)9-10/h3-4,7,9H,1-2,5-6,8H2. The summed E-state index contributed by atoms with van der Waals surface area (Å²) < 4.78 is 6.68. The number of rotatable bonds is 2. The van der Waals surface area contributed by atoms with Gasteiger partial charge in [0.2, 0.25) is 0 Å². The van der Waals surface area contributed by atoms with E-state index in [9.17, 15) is 0 Å². The van der Waals surface area contributed by atoms with E-state index in [1.54, 1.807) is 0 Å². The Morgan fingerprint density at radius 2 is 2.13 bits per heavy atom. The fraction of sp³-hybridized carbons (Fsp3) is 0.455. The molecule has 0 aromatic rings. The summed E-state index contributed by atoms with van der Waals surface area (Å²) in [5.74, 6) is 0. The number of allylic oxidation sites excluding steroid dienone is 1. The van der Waals surface area contributed by atoms with Gasteiger partial charge in [0.15, 0.2) is 0 Å². The maximum Gasteiger partial charge on any atom is 0.125 e. The highest BCUT2D eigenvalue weighted by Gasteiger charge is 2.16. The first-order valence-corrected chi connectivity index (χ1v) is 7.30. The molecule has 0 N–H and O–H groups in total. The Hall–Kier alpha value is -0.490. The van der Waals surface area contributed by atoms with Gasteiger partial charge in [0.05, 0.1) is 11.9 Å². The highest BCUT2D eigenvalue weighted by Crippen LogP contribution is 2.31. The van der Waals surface area contributed by atoms with Crippen molar-refractivity contribution in [3.63, 3.8) is 0 Å². The first-order chi connectivity index (χ1) is 7.42. The number of hydrogen-bond donors (Lipinski definition) is 0. The van der Waals surface area contributed by atoms with Crippen LogP contribution in [0.4, 0.5) is 0 Å². The molecule has 0 aromatic carbocycles. The van der Waals surface area contributed by atoms with Gasteiger partial charge in [-0.2, -0.15) is 0 Å². The van der Waals surface area contributed by atoms with E-state index in [-0.39, 0.29) is 21.3 Å². The Labute approximate surface area is 101 Å². The van der Waals surface area contributed by atoms with E-state index in [0.29, 0.717) is 0 Å². The average molecular weight is 315 g/mol. The smallest absolute Gasteiger partial charge is 0.125 e. The van der Waals surface area contributed by atoms with Crippen LogP contribution < -0.4 is 0 Å².